The number of aromatic nitrogens is 1. The Hall–Kier alpha value is -2.34. The van der Waals surface area contributed by atoms with E-state index < -0.39 is 0 Å². The number of benzene rings is 1. The zero-order valence-corrected chi connectivity index (χ0v) is 16.2. The Labute approximate surface area is 162 Å². The van der Waals surface area contributed by atoms with Crippen LogP contribution in [-0.4, -0.2) is 28.7 Å². The van der Waals surface area contributed by atoms with Gasteiger partial charge in [-0.15, -0.1) is 11.3 Å². The van der Waals surface area contributed by atoms with Crippen molar-refractivity contribution < 1.29 is 13.9 Å². The maximum Gasteiger partial charge on any atom is 0.410 e. The average Bonchev–Trinajstić information content (AvgIpc) is 3.30. The topological polar surface area (TPSA) is 34.5 Å². The standard InChI is InChI=1S/C21H23FN2O2S/c1-2-26-21(25)24-10-4-3-7-19(24)18-14-23(13-16-6-5-11-27-16)20-12-15(22)8-9-17(18)20/h5-6,8-9,11-12,14,19H,2-4,7,10,13H2,1H3. The Kier molecular flexibility index (Phi) is 5.16. The molecule has 1 unspecified atom stereocenters. The first-order valence-corrected chi connectivity index (χ1v) is 10.3. The highest BCUT2D eigenvalue weighted by molar-refractivity contribution is 7.09. The number of hydrogen-bond donors (Lipinski definition) is 0. The first-order valence-electron chi connectivity index (χ1n) is 9.41. The molecule has 0 radical (unpaired) electrons. The number of thiophene rings is 1. The van der Waals surface area contributed by atoms with E-state index in [0.29, 0.717) is 19.7 Å². The normalized spacial score (nSPS) is 17.4. The number of carbonyl (C=O) groups is 1. The highest BCUT2D eigenvalue weighted by Crippen LogP contribution is 2.37. The summed E-state index contributed by atoms with van der Waals surface area (Å²) in [7, 11) is 0. The van der Waals surface area contributed by atoms with Crippen LogP contribution < -0.4 is 0 Å². The molecule has 3 aromatic rings. The molecule has 1 aromatic carbocycles. The van der Waals surface area contributed by atoms with Crippen LogP contribution in [0.4, 0.5) is 9.18 Å². The minimum absolute atomic E-state index is 0.0321. The zero-order valence-electron chi connectivity index (χ0n) is 15.4. The molecule has 1 aliphatic heterocycles. The van der Waals surface area contributed by atoms with Crippen LogP contribution in [0.1, 0.15) is 42.7 Å². The van der Waals surface area contributed by atoms with E-state index in [0.717, 1.165) is 35.7 Å². The minimum Gasteiger partial charge on any atom is -0.450 e. The average molecular weight is 386 g/mol. The van der Waals surface area contributed by atoms with Crippen LogP contribution in [0.2, 0.25) is 0 Å². The molecule has 1 aliphatic rings. The second kappa shape index (κ2) is 7.72. The summed E-state index contributed by atoms with van der Waals surface area (Å²) in [6, 6.07) is 9.00. The van der Waals surface area contributed by atoms with Crippen LogP contribution in [-0.2, 0) is 11.3 Å². The summed E-state index contributed by atoms with van der Waals surface area (Å²) in [5, 5.41) is 3.06. The summed E-state index contributed by atoms with van der Waals surface area (Å²) in [6.07, 6.45) is 4.78. The van der Waals surface area contributed by atoms with E-state index in [9.17, 15) is 9.18 Å². The number of amides is 1. The molecule has 0 N–H and O–H groups in total. The second-order valence-corrected chi connectivity index (χ2v) is 7.89. The highest BCUT2D eigenvalue weighted by Gasteiger charge is 2.31. The lowest BCUT2D eigenvalue weighted by Gasteiger charge is -2.34. The molecule has 0 saturated carbocycles. The van der Waals surface area contributed by atoms with Gasteiger partial charge in [0.25, 0.3) is 0 Å². The fraction of sp³-hybridized carbons (Fsp3) is 0.381. The number of likely N-dealkylation sites (tertiary alicyclic amines) is 1. The van der Waals surface area contributed by atoms with Crippen molar-refractivity contribution in [2.24, 2.45) is 0 Å². The Bertz CT molecular complexity index is 935. The molecule has 4 nitrogen and oxygen atoms in total. The third kappa shape index (κ3) is 3.58. The van der Waals surface area contributed by atoms with E-state index >= 15 is 0 Å². The van der Waals surface area contributed by atoms with Gasteiger partial charge >= 0.3 is 6.09 Å². The lowest BCUT2D eigenvalue weighted by atomic mass is 9.95. The summed E-state index contributed by atoms with van der Waals surface area (Å²) < 4.78 is 21.3. The number of rotatable bonds is 4. The summed E-state index contributed by atoms with van der Waals surface area (Å²) in [4.78, 5) is 15.5. The van der Waals surface area contributed by atoms with Gasteiger partial charge in [0.1, 0.15) is 5.82 Å². The van der Waals surface area contributed by atoms with Crippen molar-refractivity contribution >= 4 is 28.3 Å². The second-order valence-electron chi connectivity index (χ2n) is 6.86. The molecule has 6 heteroatoms. The molecule has 1 amide bonds. The maximum absolute atomic E-state index is 14.0. The maximum atomic E-state index is 14.0. The highest BCUT2D eigenvalue weighted by atomic mass is 32.1. The van der Waals surface area contributed by atoms with E-state index in [4.69, 9.17) is 4.74 Å². The van der Waals surface area contributed by atoms with Crippen LogP contribution in [0.3, 0.4) is 0 Å². The number of piperidine rings is 1. The first-order chi connectivity index (χ1) is 13.2. The number of nitrogens with zero attached hydrogens (tertiary/aromatic N) is 2. The van der Waals surface area contributed by atoms with Crippen LogP contribution in [0.25, 0.3) is 10.9 Å². The summed E-state index contributed by atoms with van der Waals surface area (Å²) in [5.41, 5.74) is 1.95. The molecule has 27 heavy (non-hydrogen) atoms. The van der Waals surface area contributed by atoms with Gasteiger partial charge in [-0.05, 0) is 55.8 Å². The number of halogens is 1. The van der Waals surface area contributed by atoms with Gasteiger partial charge in [0.15, 0.2) is 0 Å². The van der Waals surface area contributed by atoms with Gasteiger partial charge in [0, 0.05) is 28.6 Å². The van der Waals surface area contributed by atoms with Crippen molar-refractivity contribution in [1.29, 1.82) is 0 Å². The van der Waals surface area contributed by atoms with E-state index in [2.05, 4.69) is 16.8 Å². The molecular formula is C21H23FN2O2S. The Morgan fingerprint density at radius 2 is 2.22 bits per heavy atom. The van der Waals surface area contributed by atoms with E-state index in [-0.39, 0.29) is 18.0 Å². The molecule has 0 spiro atoms. The Balaban J connectivity index is 1.77. The van der Waals surface area contributed by atoms with Gasteiger partial charge in [-0.1, -0.05) is 6.07 Å². The van der Waals surface area contributed by atoms with Crippen molar-refractivity contribution in [3.63, 3.8) is 0 Å². The van der Waals surface area contributed by atoms with Gasteiger partial charge in [-0.25, -0.2) is 9.18 Å². The molecule has 3 heterocycles. The Morgan fingerprint density at radius 3 is 3.00 bits per heavy atom. The van der Waals surface area contributed by atoms with Crippen molar-refractivity contribution in [3.05, 3.63) is 58.2 Å². The zero-order chi connectivity index (χ0) is 18.8. The van der Waals surface area contributed by atoms with Crippen LogP contribution >= 0.6 is 11.3 Å². The predicted octanol–water partition coefficient (Wildman–Crippen LogP) is 5.57. The van der Waals surface area contributed by atoms with Crippen LogP contribution in [0, 0.1) is 5.82 Å². The number of hydrogen-bond acceptors (Lipinski definition) is 3. The SMILES string of the molecule is CCOC(=O)N1CCCCC1c1cn(Cc2cccs2)c2cc(F)ccc12. The van der Waals surface area contributed by atoms with E-state index in [1.54, 1.807) is 17.4 Å². The molecule has 2 aromatic heterocycles. The van der Waals surface area contributed by atoms with Crippen molar-refractivity contribution in [3.8, 4) is 0 Å². The molecule has 0 aliphatic carbocycles. The minimum atomic E-state index is -0.261. The first kappa shape index (κ1) is 18.0. The molecule has 0 bridgehead atoms. The number of ether oxygens (including phenoxy) is 1. The summed E-state index contributed by atoms with van der Waals surface area (Å²) >= 11 is 1.69. The van der Waals surface area contributed by atoms with Gasteiger partial charge < -0.3 is 14.2 Å². The van der Waals surface area contributed by atoms with Gasteiger partial charge in [-0.3, -0.25) is 0 Å². The third-order valence-electron chi connectivity index (χ3n) is 5.15. The smallest absolute Gasteiger partial charge is 0.410 e. The molecule has 1 atom stereocenters. The number of carbonyl (C=O) groups excluding carboxylic acids is 1. The van der Waals surface area contributed by atoms with E-state index in [1.165, 1.54) is 10.9 Å². The molecule has 1 fully saturated rings. The predicted molar refractivity (Wildman–Crippen MR) is 106 cm³/mol. The van der Waals surface area contributed by atoms with Crippen LogP contribution in [0.15, 0.2) is 41.9 Å². The summed E-state index contributed by atoms with van der Waals surface area (Å²) in [5.74, 6) is -0.245. The van der Waals surface area contributed by atoms with Crippen LogP contribution in [0.5, 0.6) is 0 Å². The fourth-order valence-electron chi connectivity index (χ4n) is 3.94. The van der Waals surface area contributed by atoms with Crippen molar-refractivity contribution in [2.45, 2.75) is 38.8 Å². The van der Waals surface area contributed by atoms with Crippen molar-refractivity contribution in [1.82, 2.24) is 9.47 Å². The molecule has 1 saturated heterocycles. The Morgan fingerprint density at radius 1 is 1.33 bits per heavy atom. The monoisotopic (exact) mass is 386 g/mol. The lowest BCUT2D eigenvalue weighted by molar-refractivity contribution is 0.0769. The largest absolute Gasteiger partial charge is 0.450 e. The van der Waals surface area contributed by atoms with Crippen molar-refractivity contribution in [2.75, 3.05) is 13.2 Å². The molecule has 142 valence electrons. The lowest BCUT2D eigenvalue weighted by Crippen LogP contribution is -2.38. The summed E-state index contributed by atoms with van der Waals surface area (Å²) in [6.45, 7) is 3.59. The quantitative estimate of drug-likeness (QED) is 0.587. The molecule has 4 rings (SSSR count). The fourth-order valence-corrected chi connectivity index (χ4v) is 4.64. The van der Waals surface area contributed by atoms with Gasteiger partial charge in [-0.2, -0.15) is 0 Å². The van der Waals surface area contributed by atoms with Gasteiger partial charge in [0.05, 0.1) is 24.7 Å². The number of fused-ring (bicyclic) bond motifs is 1. The van der Waals surface area contributed by atoms with E-state index in [1.807, 2.05) is 29.3 Å². The third-order valence-corrected chi connectivity index (χ3v) is 6.01. The van der Waals surface area contributed by atoms with Gasteiger partial charge in [0.2, 0.25) is 0 Å². The molecular weight excluding hydrogens is 363 g/mol.